The second-order valence-corrected chi connectivity index (χ2v) is 3.93. The SMILES string of the molecule is CC(=O)O.CCCCCCC[C-]1CC1.[Na+]. The van der Waals surface area contributed by atoms with E-state index in [0.29, 0.717) is 0 Å². The van der Waals surface area contributed by atoms with Crippen molar-refractivity contribution in [3.05, 3.63) is 5.92 Å². The maximum Gasteiger partial charge on any atom is 1.00 e. The largest absolute Gasteiger partial charge is 1.00 e. The van der Waals surface area contributed by atoms with E-state index in [1.54, 1.807) is 0 Å². The molecule has 0 saturated heterocycles. The average molecular weight is 222 g/mol. The standard InChI is InChI=1S/C10H19.C2H4O2.Na/c1-2-3-4-5-6-7-10-8-9-10;1-2(3)4;/h2-9H2,1H3;1H3,(H,3,4);/q-1;;+1. The van der Waals surface area contributed by atoms with Gasteiger partial charge in [-0.15, -0.1) is 0 Å². The van der Waals surface area contributed by atoms with Gasteiger partial charge < -0.3 is 11.0 Å². The molecule has 0 aromatic carbocycles. The average Bonchev–Trinajstić information content (AvgIpc) is 2.87. The van der Waals surface area contributed by atoms with E-state index in [4.69, 9.17) is 9.90 Å². The molecule has 1 aliphatic rings. The smallest absolute Gasteiger partial charge is 0.481 e. The summed E-state index contributed by atoms with van der Waals surface area (Å²) < 4.78 is 0. The maximum atomic E-state index is 9.00. The van der Waals surface area contributed by atoms with Crippen LogP contribution >= 0.6 is 0 Å². The van der Waals surface area contributed by atoms with E-state index >= 15 is 0 Å². The molecule has 84 valence electrons. The van der Waals surface area contributed by atoms with Crippen LogP contribution in [0.5, 0.6) is 0 Å². The Balaban J connectivity index is 0. The van der Waals surface area contributed by atoms with Crippen LogP contribution in [0.15, 0.2) is 0 Å². The second-order valence-electron chi connectivity index (χ2n) is 3.93. The molecule has 1 fully saturated rings. The molecule has 1 saturated carbocycles. The van der Waals surface area contributed by atoms with E-state index in [-0.39, 0.29) is 29.6 Å². The van der Waals surface area contributed by atoms with Crippen LogP contribution in [0.1, 0.15) is 65.2 Å². The van der Waals surface area contributed by atoms with Crippen LogP contribution in [0.4, 0.5) is 0 Å². The molecule has 3 heteroatoms. The van der Waals surface area contributed by atoms with Gasteiger partial charge in [0.1, 0.15) is 0 Å². The molecular weight excluding hydrogens is 199 g/mol. The Morgan fingerprint density at radius 2 is 1.67 bits per heavy atom. The number of aliphatic carboxylic acids is 1. The molecule has 0 unspecified atom stereocenters. The molecular formula is C12H23NaO2. The molecule has 0 bridgehead atoms. The number of carbonyl (C=O) groups is 1. The van der Waals surface area contributed by atoms with Crippen LogP contribution in [0.25, 0.3) is 0 Å². The van der Waals surface area contributed by atoms with E-state index in [0.717, 1.165) is 6.92 Å². The van der Waals surface area contributed by atoms with Crippen LogP contribution in [0, 0.1) is 5.92 Å². The van der Waals surface area contributed by atoms with Crippen LogP contribution in [-0.2, 0) is 4.79 Å². The summed E-state index contributed by atoms with van der Waals surface area (Å²) in [5, 5.41) is 7.42. The number of carboxylic acids is 1. The van der Waals surface area contributed by atoms with Gasteiger partial charge in [0.25, 0.3) is 5.97 Å². The first-order chi connectivity index (χ1) is 6.66. The molecule has 1 rings (SSSR count). The molecule has 0 aliphatic heterocycles. The third-order valence-corrected chi connectivity index (χ3v) is 2.24. The molecule has 2 nitrogen and oxygen atoms in total. The summed E-state index contributed by atoms with van der Waals surface area (Å²) in [6, 6.07) is 0. The molecule has 0 aromatic heterocycles. The summed E-state index contributed by atoms with van der Waals surface area (Å²) in [6.45, 7) is 3.36. The summed E-state index contributed by atoms with van der Waals surface area (Å²) in [7, 11) is 0. The van der Waals surface area contributed by atoms with E-state index in [9.17, 15) is 0 Å². The monoisotopic (exact) mass is 222 g/mol. The van der Waals surface area contributed by atoms with Crippen molar-refractivity contribution in [2.45, 2.75) is 65.2 Å². The van der Waals surface area contributed by atoms with Crippen molar-refractivity contribution in [3.63, 3.8) is 0 Å². The summed E-state index contributed by atoms with van der Waals surface area (Å²) >= 11 is 0. The zero-order valence-corrected chi connectivity index (χ0v) is 12.5. The Bertz CT molecular complexity index is 141. The fourth-order valence-corrected chi connectivity index (χ4v) is 1.32. The van der Waals surface area contributed by atoms with Crippen molar-refractivity contribution in [3.8, 4) is 0 Å². The van der Waals surface area contributed by atoms with E-state index in [2.05, 4.69) is 6.92 Å². The fourth-order valence-electron chi connectivity index (χ4n) is 1.32. The van der Waals surface area contributed by atoms with Crippen molar-refractivity contribution < 1.29 is 39.5 Å². The Hall–Kier alpha value is 0.470. The molecule has 1 aliphatic carbocycles. The predicted octanol–water partition coefficient (Wildman–Crippen LogP) is 0.810. The Kier molecular flexibility index (Phi) is 14.9. The molecule has 0 heterocycles. The third-order valence-electron chi connectivity index (χ3n) is 2.24. The van der Waals surface area contributed by atoms with Gasteiger partial charge in [0, 0.05) is 6.92 Å². The van der Waals surface area contributed by atoms with Gasteiger partial charge in [0.05, 0.1) is 0 Å². The number of hydrogen-bond acceptors (Lipinski definition) is 1. The van der Waals surface area contributed by atoms with Crippen LogP contribution in [-0.4, -0.2) is 11.1 Å². The van der Waals surface area contributed by atoms with Gasteiger partial charge in [0.15, 0.2) is 0 Å². The van der Waals surface area contributed by atoms with E-state index < -0.39 is 5.97 Å². The maximum absolute atomic E-state index is 9.00. The van der Waals surface area contributed by atoms with Gasteiger partial charge in [-0.2, -0.15) is 6.42 Å². The second kappa shape index (κ2) is 12.5. The Labute approximate surface area is 116 Å². The van der Waals surface area contributed by atoms with Crippen LogP contribution in [0.2, 0.25) is 0 Å². The van der Waals surface area contributed by atoms with Crippen LogP contribution in [0.3, 0.4) is 0 Å². The van der Waals surface area contributed by atoms with Gasteiger partial charge >= 0.3 is 29.6 Å². The van der Waals surface area contributed by atoms with Crippen molar-refractivity contribution in [2.24, 2.45) is 0 Å². The van der Waals surface area contributed by atoms with Gasteiger partial charge in [-0.25, -0.2) is 12.8 Å². The number of hydrogen-bond donors (Lipinski definition) is 1. The first-order valence-electron chi connectivity index (χ1n) is 5.70. The van der Waals surface area contributed by atoms with Crippen molar-refractivity contribution >= 4 is 5.97 Å². The van der Waals surface area contributed by atoms with Gasteiger partial charge in [-0.1, -0.05) is 39.0 Å². The zero-order valence-electron chi connectivity index (χ0n) is 10.5. The topological polar surface area (TPSA) is 37.3 Å². The zero-order chi connectivity index (χ0) is 10.8. The fraction of sp³-hybridized carbons (Fsp3) is 0.833. The molecule has 0 spiro atoms. The minimum absolute atomic E-state index is 0. The summed E-state index contributed by atoms with van der Waals surface area (Å²) in [5.74, 6) is 0.997. The molecule has 0 radical (unpaired) electrons. The number of carboxylic acid groups (broad SMARTS) is 1. The molecule has 0 atom stereocenters. The number of unbranched alkanes of at least 4 members (excludes halogenated alkanes) is 4. The third kappa shape index (κ3) is 20.5. The molecule has 1 N–H and O–H groups in total. The summed E-state index contributed by atoms with van der Waals surface area (Å²) in [4.78, 5) is 9.00. The van der Waals surface area contributed by atoms with Crippen LogP contribution < -0.4 is 29.6 Å². The first-order valence-corrected chi connectivity index (χ1v) is 5.70. The van der Waals surface area contributed by atoms with Crippen molar-refractivity contribution in [1.82, 2.24) is 0 Å². The minimum atomic E-state index is -0.833. The summed E-state index contributed by atoms with van der Waals surface area (Å²) in [6.07, 6.45) is 11.6. The predicted molar refractivity (Wildman–Crippen MR) is 59.2 cm³/mol. The Morgan fingerprint density at radius 3 is 2.07 bits per heavy atom. The molecule has 0 aromatic rings. The first kappa shape index (κ1) is 17.9. The summed E-state index contributed by atoms with van der Waals surface area (Å²) in [5.41, 5.74) is 0. The molecule has 0 amide bonds. The van der Waals surface area contributed by atoms with E-state index in [1.165, 1.54) is 51.4 Å². The van der Waals surface area contributed by atoms with E-state index in [1.807, 2.05) is 5.92 Å². The minimum Gasteiger partial charge on any atom is -0.481 e. The number of rotatable bonds is 6. The van der Waals surface area contributed by atoms with Crippen molar-refractivity contribution in [1.29, 1.82) is 0 Å². The quantitative estimate of drug-likeness (QED) is 0.410. The van der Waals surface area contributed by atoms with Gasteiger partial charge in [-0.3, -0.25) is 4.79 Å². The van der Waals surface area contributed by atoms with Gasteiger partial charge in [-0.05, 0) is 0 Å². The van der Waals surface area contributed by atoms with Gasteiger partial charge in [0.2, 0.25) is 0 Å². The van der Waals surface area contributed by atoms with Crippen molar-refractivity contribution in [2.75, 3.05) is 0 Å². The normalized spacial score (nSPS) is 13.5. The Morgan fingerprint density at radius 1 is 1.20 bits per heavy atom. The molecule has 15 heavy (non-hydrogen) atoms.